The number of aliphatic carboxylic acids is 1. The number of hydrogen-bond acceptors (Lipinski definition) is 4. The molecule has 0 aromatic carbocycles. The average molecular weight is 598 g/mol. The van der Waals surface area contributed by atoms with Gasteiger partial charge in [-0.2, -0.15) is 12.6 Å². The quantitative estimate of drug-likeness (QED) is 0.0616. The molecule has 0 rings (SSSR count). The van der Waals surface area contributed by atoms with Crippen molar-refractivity contribution in [2.24, 2.45) is 0 Å². The Morgan fingerprint density at radius 1 is 0.488 bits per heavy atom. The molecule has 0 saturated heterocycles. The van der Waals surface area contributed by atoms with Gasteiger partial charge in [-0.1, -0.05) is 168 Å². The Morgan fingerprint density at radius 2 is 0.732 bits per heavy atom. The molecule has 0 aromatic rings. The lowest BCUT2D eigenvalue weighted by molar-refractivity contribution is -0.157. The third-order valence-corrected chi connectivity index (χ3v) is 8.64. The molecular weight excluding hydrogens is 530 g/mol. The van der Waals surface area contributed by atoms with E-state index < -0.39 is 12.0 Å². The highest BCUT2D eigenvalue weighted by atomic mass is 32.1. The maximum atomic E-state index is 12.9. The molecule has 2 amide bonds. The van der Waals surface area contributed by atoms with Crippen LogP contribution in [-0.4, -0.2) is 39.6 Å². The molecule has 0 aliphatic rings. The lowest BCUT2D eigenvalue weighted by Gasteiger charge is -2.26. The van der Waals surface area contributed by atoms with Crippen molar-refractivity contribution in [2.45, 2.75) is 200 Å². The molecule has 0 radical (unpaired) electrons. The van der Waals surface area contributed by atoms with Gasteiger partial charge in [0.25, 0.3) is 0 Å². The molecule has 1 N–H and O–H groups in total. The zero-order chi connectivity index (χ0) is 30.4. The summed E-state index contributed by atoms with van der Waals surface area (Å²) >= 11 is 4.14. The topological polar surface area (TPSA) is 74.7 Å². The van der Waals surface area contributed by atoms with Gasteiger partial charge >= 0.3 is 5.97 Å². The number of carbonyl (C=O) groups excluding carboxylic acids is 2. The Balaban J connectivity index is 4.09. The smallest absolute Gasteiger partial charge is 0.327 e. The number of imide groups is 1. The number of carboxylic acids is 1. The molecule has 242 valence electrons. The van der Waals surface area contributed by atoms with Gasteiger partial charge in [-0.25, -0.2) is 4.79 Å². The fraction of sp³-hybridized carbons (Fsp3) is 0.914. The van der Waals surface area contributed by atoms with Crippen molar-refractivity contribution in [1.29, 1.82) is 0 Å². The molecule has 0 fully saturated rings. The van der Waals surface area contributed by atoms with E-state index in [1.807, 2.05) is 0 Å². The average Bonchev–Trinajstić information content (AvgIpc) is 2.96. The van der Waals surface area contributed by atoms with Crippen LogP contribution in [0.25, 0.3) is 0 Å². The monoisotopic (exact) mass is 597 g/mol. The van der Waals surface area contributed by atoms with Crippen LogP contribution in [0, 0.1) is 0 Å². The minimum atomic E-state index is -1.18. The maximum absolute atomic E-state index is 12.9. The summed E-state index contributed by atoms with van der Waals surface area (Å²) in [5, 5.41) is 9.61. The van der Waals surface area contributed by atoms with Gasteiger partial charge in [-0.15, -0.1) is 0 Å². The number of hydrogen-bond donors (Lipinski definition) is 2. The third-order valence-electron chi connectivity index (χ3n) is 8.30. The van der Waals surface area contributed by atoms with Crippen LogP contribution in [0.1, 0.15) is 194 Å². The number of rotatable bonds is 31. The Bertz CT molecular complexity index is 585. The molecule has 0 aliphatic heterocycles. The van der Waals surface area contributed by atoms with E-state index in [0.29, 0.717) is 12.8 Å². The van der Waals surface area contributed by atoms with Crippen LogP contribution in [0.5, 0.6) is 0 Å². The highest BCUT2D eigenvalue weighted by Crippen LogP contribution is 2.17. The first-order valence-corrected chi connectivity index (χ1v) is 18.3. The van der Waals surface area contributed by atoms with Crippen LogP contribution in [0.3, 0.4) is 0 Å². The second-order valence-corrected chi connectivity index (χ2v) is 12.5. The van der Waals surface area contributed by atoms with Gasteiger partial charge in [0.15, 0.2) is 0 Å². The minimum absolute atomic E-state index is 0.0516. The molecule has 0 bridgehead atoms. The van der Waals surface area contributed by atoms with Crippen LogP contribution in [0.15, 0.2) is 0 Å². The van der Waals surface area contributed by atoms with Crippen molar-refractivity contribution < 1.29 is 19.5 Å². The van der Waals surface area contributed by atoms with E-state index in [4.69, 9.17) is 0 Å². The second kappa shape index (κ2) is 30.4. The first kappa shape index (κ1) is 40.0. The first-order valence-electron chi connectivity index (χ1n) is 17.7. The molecule has 1 atom stereocenters. The van der Waals surface area contributed by atoms with E-state index in [1.54, 1.807) is 0 Å². The van der Waals surface area contributed by atoms with Crippen LogP contribution in [0.4, 0.5) is 0 Å². The Morgan fingerprint density at radius 3 is 0.951 bits per heavy atom. The van der Waals surface area contributed by atoms with Gasteiger partial charge in [0, 0.05) is 18.6 Å². The summed E-state index contributed by atoms with van der Waals surface area (Å²) in [4.78, 5) is 38.6. The minimum Gasteiger partial charge on any atom is -0.480 e. The number of thiol groups is 1. The molecule has 1 unspecified atom stereocenters. The molecule has 6 heteroatoms. The Kier molecular flexibility index (Phi) is 29.6. The maximum Gasteiger partial charge on any atom is 0.327 e. The normalized spacial score (nSPS) is 12.0. The molecule has 0 saturated carbocycles. The van der Waals surface area contributed by atoms with Crippen molar-refractivity contribution in [3.63, 3.8) is 0 Å². The number of nitrogens with zero attached hydrogens (tertiary/aromatic N) is 1. The summed E-state index contributed by atoms with van der Waals surface area (Å²) in [6.07, 6.45) is 32.2. The highest BCUT2D eigenvalue weighted by Gasteiger charge is 2.32. The van der Waals surface area contributed by atoms with Gasteiger partial charge in [-0.05, 0) is 12.8 Å². The van der Waals surface area contributed by atoms with E-state index in [9.17, 15) is 19.5 Å². The highest BCUT2D eigenvalue weighted by molar-refractivity contribution is 7.80. The van der Waals surface area contributed by atoms with Crippen molar-refractivity contribution in [2.75, 3.05) is 5.75 Å². The van der Waals surface area contributed by atoms with E-state index in [1.165, 1.54) is 128 Å². The van der Waals surface area contributed by atoms with E-state index in [-0.39, 0.29) is 30.4 Å². The fourth-order valence-electron chi connectivity index (χ4n) is 5.59. The summed E-state index contributed by atoms with van der Waals surface area (Å²) in [6.45, 7) is 4.50. The van der Waals surface area contributed by atoms with E-state index >= 15 is 0 Å². The van der Waals surface area contributed by atoms with E-state index in [0.717, 1.165) is 30.6 Å². The van der Waals surface area contributed by atoms with Crippen molar-refractivity contribution >= 4 is 30.4 Å². The molecule has 0 aliphatic carbocycles. The third kappa shape index (κ3) is 24.1. The largest absolute Gasteiger partial charge is 0.480 e. The summed E-state index contributed by atoms with van der Waals surface area (Å²) in [7, 11) is 0. The van der Waals surface area contributed by atoms with Gasteiger partial charge in [0.2, 0.25) is 11.8 Å². The Hall–Kier alpha value is -1.04. The van der Waals surface area contributed by atoms with Crippen molar-refractivity contribution in [1.82, 2.24) is 4.90 Å². The molecule has 0 spiro atoms. The summed E-state index contributed by atoms with van der Waals surface area (Å²) in [6, 6.07) is -1.18. The van der Waals surface area contributed by atoms with Crippen molar-refractivity contribution in [3.8, 4) is 0 Å². The van der Waals surface area contributed by atoms with Crippen LogP contribution in [0.2, 0.25) is 0 Å². The lowest BCUT2D eigenvalue weighted by Crippen LogP contribution is -2.49. The van der Waals surface area contributed by atoms with Gasteiger partial charge < -0.3 is 5.11 Å². The van der Waals surface area contributed by atoms with Crippen LogP contribution >= 0.6 is 12.6 Å². The summed E-state index contributed by atoms with van der Waals surface area (Å²) < 4.78 is 0. The zero-order valence-electron chi connectivity index (χ0n) is 27.1. The Labute approximate surface area is 259 Å². The summed E-state index contributed by atoms with van der Waals surface area (Å²) in [5.74, 6) is -1.91. The summed E-state index contributed by atoms with van der Waals surface area (Å²) in [5.41, 5.74) is 0. The SMILES string of the molecule is CCCCCCCCCCCCCCCC(=O)N(C(=O)CCCCCCCCCCCCCCC)C(CS)C(=O)O. The molecule has 5 nitrogen and oxygen atoms in total. The fourth-order valence-corrected chi connectivity index (χ4v) is 5.91. The standard InChI is InChI=1S/C35H67NO4S/c1-3-5-7-9-11-13-15-17-19-21-23-25-27-29-33(37)36(32(31-41)35(39)40)34(38)30-28-26-24-22-20-18-16-14-12-10-8-6-4-2/h32,41H,3-31H2,1-2H3,(H,39,40). The second-order valence-electron chi connectivity index (χ2n) is 12.2. The lowest BCUT2D eigenvalue weighted by atomic mass is 10.0. The predicted molar refractivity (Wildman–Crippen MR) is 178 cm³/mol. The number of carboxylic acid groups (broad SMARTS) is 1. The number of unbranched alkanes of at least 4 members (excludes halogenated alkanes) is 24. The van der Waals surface area contributed by atoms with Gasteiger partial charge in [0.05, 0.1) is 0 Å². The van der Waals surface area contributed by atoms with Gasteiger partial charge in [0.1, 0.15) is 6.04 Å². The number of carbonyl (C=O) groups is 3. The van der Waals surface area contributed by atoms with Gasteiger partial charge in [-0.3, -0.25) is 14.5 Å². The molecule has 0 aromatic heterocycles. The van der Waals surface area contributed by atoms with Crippen LogP contribution in [-0.2, 0) is 14.4 Å². The molecular formula is C35H67NO4S. The predicted octanol–water partition coefficient (Wildman–Crippen LogP) is 10.7. The first-order chi connectivity index (χ1) is 20.0. The van der Waals surface area contributed by atoms with E-state index in [2.05, 4.69) is 26.5 Å². The number of amides is 2. The molecule has 41 heavy (non-hydrogen) atoms. The van der Waals surface area contributed by atoms with Crippen molar-refractivity contribution in [3.05, 3.63) is 0 Å². The van der Waals surface area contributed by atoms with Crippen LogP contribution < -0.4 is 0 Å². The zero-order valence-corrected chi connectivity index (χ0v) is 28.0. The molecule has 0 heterocycles.